The van der Waals surface area contributed by atoms with Crippen molar-refractivity contribution in [3.8, 4) is 0 Å². The molecule has 1 fully saturated rings. The van der Waals surface area contributed by atoms with Gasteiger partial charge < -0.3 is 20.7 Å². The lowest BCUT2D eigenvalue weighted by Gasteiger charge is -2.35. The monoisotopic (exact) mass is 271 g/mol. The molecule has 0 bridgehead atoms. The number of nitrogens with two attached hydrogens (primary N) is 1. The van der Waals surface area contributed by atoms with E-state index >= 15 is 0 Å². The van der Waals surface area contributed by atoms with E-state index < -0.39 is 11.5 Å². The molecule has 0 aromatic rings. The summed E-state index contributed by atoms with van der Waals surface area (Å²) in [6.45, 7) is 5.36. The fourth-order valence-electron chi connectivity index (χ4n) is 2.23. The maximum atomic E-state index is 12.4. The highest BCUT2D eigenvalue weighted by Gasteiger charge is 2.30. The van der Waals surface area contributed by atoms with Gasteiger partial charge in [0.1, 0.15) is 0 Å². The van der Waals surface area contributed by atoms with Crippen molar-refractivity contribution in [2.45, 2.75) is 44.8 Å². The largest absolute Gasteiger partial charge is 0.378 e. The molecule has 0 aliphatic carbocycles. The molecular weight excluding hydrogens is 246 g/mol. The summed E-state index contributed by atoms with van der Waals surface area (Å²) in [5, 5.41) is 3.24. The van der Waals surface area contributed by atoms with Crippen LogP contribution in [0.2, 0.25) is 0 Å². The molecule has 0 aromatic heterocycles. The number of ether oxygens (including phenoxy) is 1. The third kappa shape index (κ3) is 5.16. The van der Waals surface area contributed by atoms with E-state index in [4.69, 9.17) is 10.5 Å². The summed E-state index contributed by atoms with van der Waals surface area (Å²) in [4.78, 5) is 25.1. The Balaban J connectivity index is 2.72. The van der Waals surface area contributed by atoms with E-state index in [2.05, 4.69) is 5.32 Å². The highest BCUT2D eigenvalue weighted by atomic mass is 16.5. The average Bonchev–Trinajstić information content (AvgIpc) is 2.36. The van der Waals surface area contributed by atoms with Gasteiger partial charge in [0.25, 0.3) is 0 Å². The Bertz CT molecular complexity index is 325. The maximum absolute atomic E-state index is 12.4. The zero-order chi connectivity index (χ0) is 14.5. The first-order valence-corrected chi connectivity index (χ1v) is 6.69. The lowest BCUT2D eigenvalue weighted by Crippen LogP contribution is -2.52. The summed E-state index contributed by atoms with van der Waals surface area (Å²) in [5.74, 6) is -0.562. The number of nitrogens with one attached hydrogen (secondary N) is 1. The Kier molecular flexibility index (Phi) is 5.75. The number of hydrogen-bond acceptors (Lipinski definition) is 4. The number of hydrogen-bond donors (Lipinski definition) is 2. The van der Waals surface area contributed by atoms with Gasteiger partial charge >= 0.3 is 0 Å². The first kappa shape index (κ1) is 15.9. The van der Waals surface area contributed by atoms with Crippen LogP contribution in [0.5, 0.6) is 0 Å². The van der Waals surface area contributed by atoms with Crippen LogP contribution in [0.4, 0.5) is 0 Å². The van der Waals surface area contributed by atoms with Crippen LogP contribution in [0.25, 0.3) is 0 Å². The molecule has 1 rings (SSSR count). The molecule has 0 aromatic carbocycles. The van der Waals surface area contributed by atoms with Gasteiger partial charge in [0.2, 0.25) is 11.8 Å². The summed E-state index contributed by atoms with van der Waals surface area (Å²) in [6, 6.07) is 0.0430. The molecular formula is C13H25N3O3. The molecule has 1 saturated heterocycles. The summed E-state index contributed by atoms with van der Waals surface area (Å²) in [5.41, 5.74) is 4.72. The van der Waals surface area contributed by atoms with Gasteiger partial charge in [-0.3, -0.25) is 9.59 Å². The molecule has 1 aliphatic heterocycles. The van der Waals surface area contributed by atoms with Crippen molar-refractivity contribution < 1.29 is 14.3 Å². The number of carbonyl (C=O) groups is 2. The number of primary amides is 1. The Labute approximate surface area is 114 Å². The summed E-state index contributed by atoms with van der Waals surface area (Å²) >= 11 is 0. The quantitative estimate of drug-likeness (QED) is 0.704. The minimum Gasteiger partial charge on any atom is -0.378 e. The molecule has 19 heavy (non-hydrogen) atoms. The van der Waals surface area contributed by atoms with Gasteiger partial charge in [-0.1, -0.05) is 0 Å². The van der Waals surface area contributed by atoms with Crippen LogP contribution in [0.3, 0.4) is 0 Å². The first-order chi connectivity index (χ1) is 8.85. The number of carbonyl (C=O) groups excluding carboxylic acids is 2. The van der Waals surface area contributed by atoms with Gasteiger partial charge in [-0.15, -0.1) is 0 Å². The second-order valence-electron chi connectivity index (χ2n) is 5.63. The standard InChI is InChI=1S/C13H25N3O3/c1-13(2,19-3)7-12(18)16(9-11(14)17)10-5-4-6-15-8-10/h10,15H,4-9H2,1-3H3,(H2,14,17). The van der Waals surface area contributed by atoms with E-state index in [1.54, 1.807) is 12.0 Å². The van der Waals surface area contributed by atoms with E-state index in [1.165, 1.54) is 0 Å². The summed E-state index contributed by atoms with van der Waals surface area (Å²) < 4.78 is 5.27. The predicted molar refractivity (Wildman–Crippen MR) is 72.5 cm³/mol. The van der Waals surface area contributed by atoms with Crippen LogP contribution in [0.15, 0.2) is 0 Å². The molecule has 1 atom stereocenters. The van der Waals surface area contributed by atoms with Crippen LogP contribution in [0.1, 0.15) is 33.1 Å². The van der Waals surface area contributed by atoms with Crippen molar-refractivity contribution >= 4 is 11.8 Å². The zero-order valence-electron chi connectivity index (χ0n) is 12.1. The van der Waals surface area contributed by atoms with Crippen LogP contribution in [-0.2, 0) is 14.3 Å². The van der Waals surface area contributed by atoms with Crippen LogP contribution < -0.4 is 11.1 Å². The lowest BCUT2D eigenvalue weighted by molar-refractivity contribution is -0.142. The van der Waals surface area contributed by atoms with Crippen molar-refractivity contribution in [3.63, 3.8) is 0 Å². The number of piperidine rings is 1. The topological polar surface area (TPSA) is 84.7 Å². The fraction of sp³-hybridized carbons (Fsp3) is 0.846. The third-order valence-electron chi connectivity index (χ3n) is 3.49. The SMILES string of the molecule is COC(C)(C)CC(=O)N(CC(N)=O)C1CCCNC1. The van der Waals surface area contributed by atoms with Crippen molar-refractivity contribution in [2.75, 3.05) is 26.7 Å². The Morgan fingerprint density at radius 3 is 2.63 bits per heavy atom. The molecule has 2 amide bonds. The smallest absolute Gasteiger partial charge is 0.237 e. The average molecular weight is 271 g/mol. The highest BCUT2D eigenvalue weighted by Crippen LogP contribution is 2.18. The maximum Gasteiger partial charge on any atom is 0.237 e. The van der Waals surface area contributed by atoms with Gasteiger partial charge in [0, 0.05) is 19.7 Å². The van der Waals surface area contributed by atoms with Gasteiger partial charge in [-0.05, 0) is 33.2 Å². The van der Waals surface area contributed by atoms with E-state index in [1.807, 2.05) is 13.8 Å². The number of rotatable bonds is 6. The molecule has 1 aliphatic rings. The molecule has 6 heteroatoms. The van der Waals surface area contributed by atoms with Crippen molar-refractivity contribution in [1.82, 2.24) is 10.2 Å². The molecule has 3 N–H and O–H groups in total. The van der Waals surface area contributed by atoms with Crippen LogP contribution >= 0.6 is 0 Å². The lowest BCUT2D eigenvalue weighted by atomic mass is 10.0. The Morgan fingerprint density at radius 1 is 1.47 bits per heavy atom. The van der Waals surface area contributed by atoms with Gasteiger partial charge in [0.05, 0.1) is 18.6 Å². The van der Waals surface area contributed by atoms with Crippen LogP contribution in [0, 0.1) is 0 Å². The second-order valence-corrected chi connectivity index (χ2v) is 5.63. The van der Waals surface area contributed by atoms with Crippen molar-refractivity contribution in [1.29, 1.82) is 0 Å². The number of amides is 2. The normalized spacial score (nSPS) is 20.1. The fourth-order valence-corrected chi connectivity index (χ4v) is 2.23. The van der Waals surface area contributed by atoms with Gasteiger partial charge in [-0.2, -0.15) is 0 Å². The first-order valence-electron chi connectivity index (χ1n) is 6.69. The third-order valence-corrected chi connectivity index (χ3v) is 3.49. The Hall–Kier alpha value is -1.14. The van der Waals surface area contributed by atoms with Crippen molar-refractivity contribution in [2.24, 2.45) is 5.73 Å². The van der Waals surface area contributed by atoms with Crippen molar-refractivity contribution in [3.05, 3.63) is 0 Å². The van der Waals surface area contributed by atoms with Crippen LogP contribution in [-0.4, -0.2) is 55.1 Å². The molecule has 0 radical (unpaired) electrons. The minimum atomic E-state index is -0.533. The molecule has 0 saturated carbocycles. The molecule has 6 nitrogen and oxygen atoms in total. The Morgan fingerprint density at radius 2 is 2.16 bits per heavy atom. The van der Waals surface area contributed by atoms with E-state index in [0.717, 1.165) is 19.4 Å². The zero-order valence-corrected chi connectivity index (χ0v) is 12.1. The van der Waals surface area contributed by atoms with E-state index in [9.17, 15) is 9.59 Å². The van der Waals surface area contributed by atoms with Gasteiger partial charge in [-0.25, -0.2) is 0 Å². The molecule has 110 valence electrons. The molecule has 1 heterocycles. The number of methoxy groups -OCH3 is 1. The van der Waals surface area contributed by atoms with Gasteiger partial charge in [0.15, 0.2) is 0 Å². The molecule has 1 unspecified atom stereocenters. The number of nitrogens with zero attached hydrogens (tertiary/aromatic N) is 1. The minimum absolute atomic E-state index is 0.0228. The highest BCUT2D eigenvalue weighted by molar-refractivity contribution is 5.84. The second kappa shape index (κ2) is 6.86. The summed E-state index contributed by atoms with van der Waals surface area (Å²) in [7, 11) is 1.58. The molecule has 0 spiro atoms. The van der Waals surface area contributed by atoms with E-state index in [-0.39, 0.29) is 24.9 Å². The predicted octanol–water partition coefficient (Wildman–Crippen LogP) is -0.133. The van der Waals surface area contributed by atoms with E-state index in [0.29, 0.717) is 6.54 Å². The summed E-state index contributed by atoms with van der Waals surface area (Å²) in [6.07, 6.45) is 2.15.